The smallest absolute Gasteiger partial charge is 0.123 e. The molecule has 1 nitrogen and oxygen atoms in total. The van der Waals surface area contributed by atoms with Crippen molar-refractivity contribution in [1.29, 1.82) is 0 Å². The topological polar surface area (TPSA) is 3.24 Å². The molecule has 1 aromatic rings. The molecule has 0 saturated carbocycles. The maximum Gasteiger partial charge on any atom is 0.123 e. The van der Waals surface area contributed by atoms with Crippen molar-refractivity contribution >= 4 is 0 Å². The number of rotatable bonds is 7. The van der Waals surface area contributed by atoms with Crippen molar-refractivity contribution in [2.24, 2.45) is 0 Å². The lowest BCUT2D eigenvalue weighted by molar-refractivity contribution is 0.278. The Hall–Kier alpha value is -0.890. The minimum absolute atomic E-state index is 0.130. The van der Waals surface area contributed by atoms with Gasteiger partial charge >= 0.3 is 0 Å². The molecule has 0 fully saturated rings. The van der Waals surface area contributed by atoms with E-state index in [1.54, 1.807) is 12.1 Å². The van der Waals surface area contributed by atoms with Crippen LogP contribution >= 0.6 is 0 Å². The minimum Gasteiger partial charge on any atom is -0.303 e. The van der Waals surface area contributed by atoms with E-state index in [0.29, 0.717) is 0 Å². The van der Waals surface area contributed by atoms with Gasteiger partial charge in [-0.2, -0.15) is 0 Å². The van der Waals surface area contributed by atoms with Crippen LogP contribution in [0.5, 0.6) is 0 Å². The van der Waals surface area contributed by atoms with E-state index in [2.05, 4.69) is 18.7 Å². The third-order valence-corrected chi connectivity index (χ3v) is 2.69. The molecule has 1 aromatic carbocycles. The summed E-state index contributed by atoms with van der Waals surface area (Å²) < 4.78 is 13.0. The van der Waals surface area contributed by atoms with E-state index >= 15 is 0 Å². The van der Waals surface area contributed by atoms with E-state index in [4.69, 9.17) is 0 Å². The van der Waals surface area contributed by atoms with Crippen LogP contribution in [0.2, 0.25) is 0 Å². The summed E-state index contributed by atoms with van der Waals surface area (Å²) in [6.45, 7) is 7.72. The van der Waals surface area contributed by atoms with Gasteiger partial charge in [-0.1, -0.05) is 26.0 Å². The zero-order valence-electron chi connectivity index (χ0n) is 10.4. The van der Waals surface area contributed by atoms with Crippen LogP contribution in [0.15, 0.2) is 24.3 Å². The average molecular weight is 223 g/mol. The normalized spacial score (nSPS) is 11.0. The van der Waals surface area contributed by atoms with Gasteiger partial charge in [-0.05, 0) is 50.0 Å². The highest BCUT2D eigenvalue weighted by atomic mass is 19.1. The second kappa shape index (κ2) is 7.39. The highest BCUT2D eigenvalue weighted by Crippen LogP contribution is 2.06. The van der Waals surface area contributed by atoms with E-state index in [9.17, 15) is 4.39 Å². The fourth-order valence-electron chi connectivity index (χ4n) is 1.95. The Morgan fingerprint density at radius 2 is 1.75 bits per heavy atom. The van der Waals surface area contributed by atoms with Crippen molar-refractivity contribution in [3.05, 3.63) is 35.6 Å². The molecule has 90 valence electrons. The van der Waals surface area contributed by atoms with E-state index < -0.39 is 0 Å². The van der Waals surface area contributed by atoms with Crippen LogP contribution in [0.1, 0.15) is 32.3 Å². The van der Waals surface area contributed by atoms with Gasteiger partial charge < -0.3 is 4.90 Å². The van der Waals surface area contributed by atoms with Gasteiger partial charge in [-0.25, -0.2) is 4.39 Å². The summed E-state index contributed by atoms with van der Waals surface area (Å²) in [4.78, 5) is 2.45. The molecule has 1 rings (SSSR count). The van der Waals surface area contributed by atoms with E-state index in [1.165, 1.54) is 18.9 Å². The van der Waals surface area contributed by atoms with Gasteiger partial charge in [-0.15, -0.1) is 0 Å². The lowest BCUT2D eigenvalue weighted by atomic mass is 10.1. The molecule has 0 aliphatic rings. The Labute approximate surface area is 98.3 Å². The van der Waals surface area contributed by atoms with Crippen molar-refractivity contribution in [2.45, 2.75) is 33.1 Å². The zero-order chi connectivity index (χ0) is 11.8. The summed E-state index contributed by atoms with van der Waals surface area (Å²) in [5.41, 5.74) is 1.09. The van der Waals surface area contributed by atoms with Gasteiger partial charge in [0.1, 0.15) is 5.82 Å². The second-order valence-electron chi connectivity index (χ2n) is 4.22. The molecule has 0 radical (unpaired) electrons. The van der Waals surface area contributed by atoms with Gasteiger partial charge in [0.15, 0.2) is 0 Å². The summed E-state index contributed by atoms with van der Waals surface area (Å²) in [6.07, 6.45) is 3.31. The Balaban J connectivity index is 2.41. The molecule has 0 unspecified atom stereocenters. The molecule has 0 aliphatic heterocycles. The molecule has 0 spiro atoms. The first-order valence-corrected chi connectivity index (χ1v) is 6.23. The summed E-state index contributed by atoms with van der Waals surface area (Å²) in [5.74, 6) is -0.130. The fourth-order valence-corrected chi connectivity index (χ4v) is 1.95. The molecular weight excluding hydrogens is 201 g/mol. The summed E-state index contributed by atoms with van der Waals surface area (Å²) in [7, 11) is 0. The second-order valence-corrected chi connectivity index (χ2v) is 4.22. The standard InChI is InChI=1S/C14H22FN/c1-3-9-16(10-4-2)11-8-13-6-5-7-14(15)12-13/h5-7,12H,3-4,8-11H2,1-2H3. The van der Waals surface area contributed by atoms with Crippen molar-refractivity contribution in [3.63, 3.8) is 0 Å². The SMILES string of the molecule is CCCN(CCC)CCc1cccc(F)c1. The van der Waals surface area contributed by atoms with Gasteiger partial charge in [0.25, 0.3) is 0 Å². The van der Waals surface area contributed by atoms with Crippen LogP contribution < -0.4 is 0 Å². The minimum atomic E-state index is -0.130. The average Bonchev–Trinajstić information content (AvgIpc) is 2.27. The first-order chi connectivity index (χ1) is 7.76. The molecule has 2 heteroatoms. The zero-order valence-corrected chi connectivity index (χ0v) is 10.4. The third-order valence-electron chi connectivity index (χ3n) is 2.69. The molecule has 0 aliphatic carbocycles. The summed E-state index contributed by atoms with van der Waals surface area (Å²) in [5, 5.41) is 0. The molecule has 0 amide bonds. The molecule has 0 N–H and O–H groups in total. The number of hydrogen-bond acceptors (Lipinski definition) is 1. The van der Waals surface area contributed by atoms with Crippen LogP contribution in [0.4, 0.5) is 4.39 Å². The third kappa shape index (κ3) is 4.75. The number of halogens is 1. The van der Waals surface area contributed by atoms with Gasteiger partial charge in [0.05, 0.1) is 0 Å². The quantitative estimate of drug-likeness (QED) is 0.684. The number of nitrogens with zero attached hydrogens (tertiary/aromatic N) is 1. The van der Waals surface area contributed by atoms with Crippen LogP contribution in [0.3, 0.4) is 0 Å². The van der Waals surface area contributed by atoms with Crippen molar-refractivity contribution in [3.8, 4) is 0 Å². The Kier molecular flexibility index (Phi) is 6.09. The van der Waals surface area contributed by atoms with Crippen molar-refractivity contribution < 1.29 is 4.39 Å². The molecule has 0 heterocycles. The monoisotopic (exact) mass is 223 g/mol. The molecule has 0 bridgehead atoms. The van der Waals surface area contributed by atoms with Crippen LogP contribution in [-0.2, 0) is 6.42 Å². The van der Waals surface area contributed by atoms with Crippen LogP contribution in [0.25, 0.3) is 0 Å². The molecule has 0 atom stereocenters. The summed E-state index contributed by atoms with van der Waals surface area (Å²) in [6, 6.07) is 6.92. The highest BCUT2D eigenvalue weighted by Gasteiger charge is 2.03. The maximum atomic E-state index is 13.0. The number of benzene rings is 1. The Bertz CT molecular complexity index is 293. The Morgan fingerprint density at radius 3 is 2.31 bits per heavy atom. The van der Waals surface area contributed by atoms with Gasteiger partial charge in [0.2, 0.25) is 0 Å². The van der Waals surface area contributed by atoms with Gasteiger partial charge in [0, 0.05) is 6.54 Å². The van der Waals surface area contributed by atoms with Crippen molar-refractivity contribution in [2.75, 3.05) is 19.6 Å². The Morgan fingerprint density at radius 1 is 1.06 bits per heavy atom. The van der Waals surface area contributed by atoms with Crippen LogP contribution in [-0.4, -0.2) is 24.5 Å². The van der Waals surface area contributed by atoms with Gasteiger partial charge in [-0.3, -0.25) is 0 Å². The lowest BCUT2D eigenvalue weighted by Gasteiger charge is -2.20. The lowest BCUT2D eigenvalue weighted by Crippen LogP contribution is -2.27. The summed E-state index contributed by atoms with van der Waals surface area (Å²) >= 11 is 0. The number of hydrogen-bond donors (Lipinski definition) is 0. The van der Waals surface area contributed by atoms with Crippen LogP contribution in [0, 0.1) is 5.82 Å². The molecule has 0 aromatic heterocycles. The first-order valence-electron chi connectivity index (χ1n) is 6.23. The van der Waals surface area contributed by atoms with E-state index in [0.717, 1.165) is 31.6 Å². The largest absolute Gasteiger partial charge is 0.303 e. The predicted octanol–water partition coefficient (Wildman–Crippen LogP) is 3.49. The fraction of sp³-hybridized carbons (Fsp3) is 0.571. The van der Waals surface area contributed by atoms with E-state index in [1.807, 2.05) is 6.07 Å². The first kappa shape index (κ1) is 13.2. The van der Waals surface area contributed by atoms with Crippen molar-refractivity contribution in [1.82, 2.24) is 4.90 Å². The van der Waals surface area contributed by atoms with E-state index in [-0.39, 0.29) is 5.82 Å². The highest BCUT2D eigenvalue weighted by molar-refractivity contribution is 5.16. The molecule has 0 saturated heterocycles. The predicted molar refractivity (Wildman–Crippen MR) is 67.1 cm³/mol. The molecular formula is C14H22FN. The maximum absolute atomic E-state index is 13.0. The molecule has 16 heavy (non-hydrogen) atoms.